The molecule has 3 unspecified atom stereocenters. The normalized spacial score (nSPS) is 29.9. The van der Waals surface area contributed by atoms with Crippen molar-refractivity contribution in [1.82, 2.24) is 4.90 Å². The highest BCUT2D eigenvalue weighted by atomic mass is 16.5. The number of esters is 1. The fraction of sp³-hybridized carbons (Fsp3) is 0.917. The maximum atomic E-state index is 11.6. The Balaban J connectivity index is 2.56. The molecule has 1 aliphatic heterocycles. The van der Waals surface area contributed by atoms with Crippen molar-refractivity contribution in [1.29, 1.82) is 0 Å². The maximum absolute atomic E-state index is 11.6. The molecule has 0 N–H and O–H groups in total. The number of likely N-dealkylation sites (tertiary alicyclic amines) is 1. The lowest BCUT2D eigenvalue weighted by atomic mass is 9.94. The summed E-state index contributed by atoms with van der Waals surface area (Å²) in [5, 5.41) is 0. The second kappa shape index (κ2) is 5.50. The summed E-state index contributed by atoms with van der Waals surface area (Å²) in [6, 6.07) is 0.406. The summed E-state index contributed by atoms with van der Waals surface area (Å²) in [5.41, 5.74) is 0. The molecule has 0 aromatic rings. The van der Waals surface area contributed by atoms with Crippen molar-refractivity contribution in [2.75, 3.05) is 13.2 Å². The van der Waals surface area contributed by atoms with E-state index >= 15 is 0 Å². The molecule has 0 bridgehead atoms. The van der Waals surface area contributed by atoms with E-state index < -0.39 is 0 Å². The van der Waals surface area contributed by atoms with E-state index in [9.17, 15) is 4.79 Å². The second-order valence-electron chi connectivity index (χ2n) is 4.66. The van der Waals surface area contributed by atoms with Crippen molar-refractivity contribution in [3.63, 3.8) is 0 Å². The van der Waals surface area contributed by atoms with Gasteiger partial charge in [-0.05, 0) is 39.5 Å². The summed E-state index contributed by atoms with van der Waals surface area (Å²) >= 11 is 0. The maximum Gasteiger partial charge on any atom is 0.323 e. The molecule has 0 aliphatic carbocycles. The highest BCUT2D eigenvalue weighted by Gasteiger charge is 2.30. The molecular weight excluding hydrogens is 190 g/mol. The predicted molar refractivity (Wildman–Crippen MR) is 60.7 cm³/mol. The molecule has 1 saturated heterocycles. The van der Waals surface area contributed by atoms with Crippen molar-refractivity contribution in [2.24, 2.45) is 5.92 Å². The number of carbonyl (C=O) groups excluding carboxylic acids is 1. The lowest BCUT2D eigenvalue weighted by Crippen LogP contribution is -2.49. The third-order valence-corrected chi connectivity index (χ3v) is 3.29. The highest BCUT2D eigenvalue weighted by molar-refractivity contribution is 5.75. The highest BCUT2D eigenvalue weighted by Crippen LogP contribution is 2.23. The van der Waals surface area contributed by atoms with E-state index in [1.807, 2.05) is 13.8 Å². The summed E-state index contributed by atoms with van der Waals surface area (Å²) in [7, 11) is 0. The van der Waals surface area contributed by atoms with Crippen LogP contribution in [-0.2, 0) is 9.53 Å². The Labute approximate surface area is 92.8 Å². The van der Waals surface area contributed by atoms with Crippen LogP contribution in [0.25, 0.3) is 0 Å². The molecule has 88 valence electrons. The van der Waals surface area contributed by atoms with Gasteiger partial charge < -0.3 is 4.74 Å². The number of hydrogen-bond acceptors (Lipinski definition) is 3. The first-order valence-electron chi connectivity index (χ1n) is 5.98. The molecule has 0 spiro atoms. The fourth-order valence-corrected chi connectivity index (χ4v) is 2.26. The third-order valence-electron chi connectivity index (χ3n) is 3.29. The van der Waals surface area contributed by atoms with Gasteiger partial charge in [-0.15, -0.1) is 0 Å². The Morgan fingerprint density at radius 1 is 1.47 bits per heavy atom. The van der Waals surface area contributed by atoms with Gasteiger partial charge in [0.05, 0.1) is 6.61 Å². The van der Waals surface area contributed by atoms with Crippen LogP contribution in [0.4, 0.5) is 0 Å². The fourth-order valence-electron chi connectivity index (χ4n) is 2.26. The molecule has 0 amide bonds. The zero-order chi connectivity index (χ0) is 11.4. The van der Waals surface area contributed by atoms with Crippen LogP contribution in [0.3, 0.4) is 0 Å². The van der Waals surface area contributed by atoms with E-state index in [-0.39, 0.29) is 12.0 Å². The van der Waals surface area contributed by atoms with E-state index in [2.05, 4.69) is 18.7 Å². The van der Waals surface area contributed by atoms with E-state index in [1.165, 1.54) is 12.8 Å². The summed E-state index contributed by atoms with van der Waals surface area (Å²) in [6.07, 6.45) is 2.46. The molecule has 3 atom stereocenters. The molecule has 1 aliphatic rings. The van der Waals surface area contributed by atoms with E-state index in [0.717, 1.165) is 6.54 Å². The lowest BCUT2D eigenvalue weighted by Gasteiger charge is -2.39. The molecule has 0 aromatic heterocycles. The standard InChI is InChI=1S/C12H23NO2/c1-5-15-12(14)11(4)13-8-9(2)6-7-10(13)3/h9-11H,5-8H2,1-4H3. The van der Waals surface area contributed by atoms with Crippen molar-refractivity contribution in [2.45, 2.75) is 52.6 Å². The summed E-state index contributed by atoms with van der Waals surface area (Å²) in [5.74, 6) is 0.608. The summed E-state index contributed by atoms with van der Waals surface area (Å²) in [6.45, 7) is 9.74. The first-order chi connectivity index (χ1) is 7.06. The van der Waals surface area contributed by atoms with Gasteiger partial charge in [0.25, 0.3) is 0 Å². The van der Waals surface area contributed by atoms with Crippen molar-refractivity contribution < 1.29 is 9.53 Å². The van der Waals surface area contributed by atoms with Gasteiger partial charge in [-0.2, -0.15) is 0 Å². The average Bonchev–Trinajstić information content (AvgIpc) is 2.21. The number of piperidine rings is 1. The minimum absolute atomic E-state index is 0.0848. The summed E-state index contributed by atoms with van der Waals surface area (Å²) in [4.78, 5) is 13.9. The van der Waals surface area contributed by atoms with E-state index in [4.69, 9.17) is 4.74 Å². The SMILES string of the molecule is CCOC(=O)C(C)N1CC(C)CCC1C. The van der Waals surface area contributed by atoms with Gasteiger partial charge in [0, 0.05) is 12.6 Å². The van der Waals surface area contributed by atoms with E-state index in [0.29, 0.717) is 18.6 Å². The van der Waals surface area contributed by atoms with Gasteiger partial charge in [-0.3, -0.25) is 9.69 Å². The van der Waals surface area contributed by atoms with Crippen LogP contribution in [0.5, 0.6) is 0 Å². The quantitative estimate of drug-likeness (QED) is 0.672. The molecule has 0 radical (unpaired) electrons. The van der Waals surface area contributed by atoms with Crippen LogP contribution in [-0.4, -0.2) is 36.1 Å². The minimum Gasteiger partial charge on any atom is -0.465 e. The monoisotopic (exact) mass is 213 g/mol. The first-order valence-corrected chi connectivity index (χ1v) is 5.98. The molecule has 1 heterocycles. The molecule has 15 heavy (non-hydrogen) atoms. The number of nitrogens with zero attached hydrogens (tertiary/aromatic N) is 1. The van der Waals surface area contributed by atoms with Gasteiger partial charge in [0.2, 0.25) is 0 Å². The van der Waals surface area contributed by atoms with Crippen LogP contribution in [0.1, 0.15) is 40.5 Å². The first kappa shape index (κ1) is 12.5. The summed E-state index contributed by atoms with van der Waals surface area (Å²) < 4.78 is 5.06. The Bertz CT molecular complexity index is 218. The second-order valence-corrected chi connectivity index (χ2v) is 4.66. The van der Waals surface area contributed by atoms with Gasteiger partial charge in [0.1, 0.15) is 6.04 Å². The van der Waals surface area contributed by atoms with Crippen LogP contribution in [0, 0.1) is 5.92 Å². The van der Waals surface area contributed by atoms with Gasteiger partial charge in [-0.1, -0.05) is 6.92 Å². The van der Waals surface area contributed by atoms with Gasteiger partial charge >= 0.3 is 5.97 Å². The molecule has 3 nitrogen and oxygen atoms in total. The molecular formula is C12H23NO2. The number of hydrogen-bond donors (Lipinski definition) is 0. The van der Waals surface area contributed by atoms with Gasteiger partial charge in [-0.25, -0.2) is 0 Å². The number of ether oxygens (including phenoxy) is 1. The van der Waals surface area contributed by atoms with E-state index in [1.54, 1.807) is 0 Å². The zero-order valence-corrected chi connectivity index (χ0v) is 10.3. The lowest BCUT2D eigenvalue weighted by molar-refractivity contribution is -0.150. The zero-order valence-electron chi connectivity index (χ0n) is 10.3. The third kappa shape index (κ3) is 3.20. The largest absolute Gasteiger partial charge is 0.465 e. The van der Waals surface area contributed by atoms with Crippen LogP contribution >= 0.6 is 0 Å². The number of rotatable bonds is 3. The van der Waals surface area contributed by atoms with Crippen molar-refractivity contribution in [3.8, 4) is 0 Å². The van der Waals surface area contributed by atoms with Crippen molar-refractivity contribution >= 4 is 5.97 Å². The number of carbonyl (C=O) groups is 1. The molecule has 3 heteroatoms. The minimum atomic E-state index is -0.0947. The molecule has 0 aromatic carbocycles. The Kier molecular flexibility index (Phi) is 4.58. The average molecular weight is 213 g/mol. The van der Waals surface area contributed by atoms with Crippen LogP contribution in [0.2, 0.25) is 0 Å². The van der Waals surface area contributed by atoms with Gasteiger partial charge in [0.15, 0.2) is 0 Å². The Morgan fingerprint density at radius 3 is 2.73 bits per heavy atom. The molecule has 1 rings (SSSR count). The Hall–Kier alpha value is -0.570. The molecule has 0 saturated carbocycles. The van der Waals surface area contributed by atoms with Crippen LogP contribution in [0.15, 0.2) is 0 Å². The molecule has 1 fully saturated rings. The smallest absolute Gasteiger partial charge is 0.323 e. The van der Waals surface area contributed by atoms with Crippen LogP contribution < -0.4 is 0 Å². The topological polar surface area (TPSA) is 29.5 Å². The van der Waals surface area contributed by atoms with Crippen molar-refractivity contribution in [3.05, 3.63) is 0 Å². The predicted octanol–water partition coefficient (Wildman–Crippen LogP) is 2.06. The Morgan fingerprint density at radius 2 is 2.13 bits per heavy atom.